The number of rotatable bonds is 8. The predicted molar refractivity (Wildman–Crippen MR) is 132 cm³/mol. The number of hydrogen-bond donors (Lipinski definition) is 2. The molecule has 1 atom stereocenters. The maximum Gasteiger partial charge on any atom is 0.229 e. The molecule has 0 aromatic carbocycles. The fraction of sp³-hybridized carbons (Fsp3) is 0.370. The van der Waals surface area contributed by atoms with E-state index in [1.54, 1.807) is 6.92 Å². The van der Waals surface area contributed by atoms with Crippen LogP contribution in [0.15, 0.2) is 0 Å². The minimum Gasteiger partial charge on any atom is -0.834 e. The van der Waals surface area contributed by atoms with Crippen molar-refractivity contribution in [3.63, 3.8) is 0 Å². The number of ether oxygens (including phenoxy) is 1. The average molecular weight is 469 g/mol. The molecule has 0 aromatic heterocycles. The van der Waals surface area contributed by atoms with Gasteiger partial charge >= 0.3 is 0 Å². The lowest BCUT2D eigenvalue weighted by Crippen LogP contribution is -2.42. The van der Waals surface area contributed by atoms with Gasteiger partial charge in [-0.15, -0.1) is 0 Å². The third-order valence-electron chi connectivity index (χ3n) is 3.98. The fourth-order valence-electron chi connectivity index (χ4n) is 2.56. The Balaban J connectivity index is 2.67. The summed E-state index contributed by atoms with van der Waals surface area (Å²) < 4.78 is 4.92. The molecular weight excluding hydrogens is 446 g/mol. The molecule has 1 amide bonds. The Morgan fingerprint density at radius 3 is 1.88 bits per heavy atom. The molecule has 1 N–H and O–H groups in total. The zero-order chi connectivity index (χ0) is 24.7. The van der Waals surface area contributed by atoms with Crippen molar-refractivity contribution in [3.8, 4) is 94.7 Å². The van der Waals surface area contributed by atoms with Gasteiger partial charge in [0.25, 0.3) is 0 Å². The van der Waals surface area contributed by atoms with Gasteiger partial charge in [-0.1, -0.05) is 11.8 Å². The highest BCUT2D eigenvalue weighted by atomic mass is 32.1. The summed E-state index contributed by atoms with van der Waals surface area (Å²) in [5, 5.41) is 13.3. The van der Waals surface area contributed by atoms with Gasteiger partial charge in [0.05, 0.1) is 12.4 Å². The van der Waals surface area contributed by atoms with Crippen LogP contribution in [0.4, 0.5) is 0 Å². The number of hydrogen-bond acceptors (Lipinski definition) is 6. The zero-order valence-corrected chi connectivity index (χ0v) is 19.7. The van der Waals surface area contributed by atoms with Crippen molar-refractivity contribution < 1.29 is 14.6 Å². The summed E-state index contributed by atoms with van der Waals surface area (Å²) >= 11 is 3.95. The van der Waals surface area contributed by atoms with Gasteiger partial charge in [-0.25, -0.2) is 0 Å². The first-order valence-corrected chi connectivity index (χ1v) is 10.8. The Labute approximate surface area is 208 Å². The third-order valence-corrected chi connectivity index (χ3v) is 4.26. The van der Waals surface area contributed by atoms with E-state index in [1.807, 2.05) is 0 Å². The van der Waals surface area contributed by atoms with Crippen LogP contribution in [0.1, 0.15) is 6.92 Å². The number of nitrogens with zero attached hydrogens (tertiary/aromatic N) is 2. The summed E-state index contributed by atoms with van der Waals surface area (Å²) in [6.07, 6.45) is -0.194. The highest BCUT2D eigenvalue weighted by Crippen LogP contribution is 2.13. The summed E-state index contributed by atoms with van der Waals surface area (Å²) in [6.45, 7) is 4.71. The number of amides is 1. The van der Waals surface area contributed by atoms with E-state index in [1.165, 1.54) is 0 Å². The van der Waals surface area contributed by atoms with E-state index in [9.17, 15) is 9.90 Å². The molecule has 0 saturated carbocycles. The van der Waals surface area contributed by atoms with Crippen LogP contribution in [-0.2, 0) is 9.53 Å². The highest BCUT2D eigenvalue weighted by Gasteiger charge is 2.29. The second-order valence-corrected chi connectivity index (χ2v) is 6.44. The summed E-state index contributed by atoms with van der Waals surface area (Å²) in [5.41, 5.74) is 0. The van der Waals surface area contributed by atoms with Crippen LogP contribution < -0.4 is 10.4 Å². The molecule has 1 fully saturated rings. The second kappa shape index (κ2) is 19.8. The molecule has 1 unspecified atom stereocenters. The van der Waals surface area contributed by atoms with Crippen molar-refractivity contribution in [1.29, 1.82) is 0 Å². The van der Waals surface area contributed by atoms with Crippen LogP contribution in [0.2, 0.25) is 0 Å². The minimum atomic E-state index is -0.570. The Kier molecular flexibility index (Phi) is 16.4. The average Bonchev–Trinajstić information content (AvgIpc) is 3.23. The lowest BCUT2D eigenvalue weighted by molar-refractivity contribution is -0.431. The van der Waals surface area contributed by atoms with Gasteiger partial charge in [0.15, 0.2) is 0 Å². The van der Waals surface area contributed by atoms with Crippen molar-refractivity contribution in [3.05, 3.63) is 0 Å². The number of nitrogens with one attached hydrogen (secondary N) is 1. The van der Waals surface area contributed by atoms with Crippen LogP contribution in [0.3, 0.4) is 0 Å². The molecule has 0 spiro atoms. The van der Waals surface area contributed by atoms with Crippen LogP contribution >= 0.6 is 12.6 Å². The molecule has 1 rings (SSSR count). The number of carbonyl (C=O) groups is 1. The molecule has 1 aliphatic heterocycles. The summed E-state index contributed by atoms with van der Waals surface area (Å²) in [6, 6.07) is 0. The van der Waals surface area contributed by atoms with Crippen molar-refractivity contribution in [2.45, 2.75) is 13.1 Å². The monoisotopic (exact) mass is 468 g/mol. The lowest BCUT2D eigenvalue weighted by atomic mass is 10.3. The maximum absolute atomic E-state index is 11.4. The fourth-order valence-corrected chi connectivity index (χ4v) is 2.67. The SMILES string of the molecule is CC#CC#CC#CC#CC#CC#CC#CC#CC1N(CCNC(=O)CS)CCN1CCOC[O-]. The molecule has 1 saturated heterocycles. The van der Waals surface area contributed by atoms with E-state index in [2.05, 4.69) is 122 Å². The van der Waals surface area contributed by atoms with Crippen molar-refractivity contribution in [2.24, 2.45) is 0 Å². The van der Waals surface area contributed by atoms with Gasteiger partial charge in [-0.3, -0.25) is 14.6 Å². The normalized spacial score (nSPS) is 13.2. The topological polar surface area (TPSA) is 67.9 Å². The molecule has 34 heavy (non-hydrogen) atoms. The van der Waals surface area contributed by atoms with Crippen molar-refractivity contribution in [1.82, 2.24) is 15.1 Å². The summed E-state index contributed by atoms with van der Waals surface area (Å²) in [7, 11) is 0. The lowest BCUT2D eigenvalue weighted by Gasteiger charge is -2.26. The van der Waals surface area contributed by atoms with Crippen molar-refractivity contribution in [2.75, 3.05) is 51.9 Å². The molecule has 0 radical (unpaired) electrons. The Bertz CT molecular complexity index is 1200. The Morgan fingerprint density at radius 1 is 0.882 bits per heavy atom. The molecule has 0 aliphatic carbocycles. The van der Waals surface area contributed by atoms with Gasteiger partial charge in [0, 0.05) is 32.7 Å². The first kappa shape index (κ1) is 28.2. The molecule has 0 bridgehead atoms. The van der Waals surface area contributed by atoms with E-state index >= 15 is 0 Å². The molecule has 170 valence electrons. The van der Waals surface area contributed by atoms with Gasteiger partial charge in [-0.05, 0) is 96.6 Å². The van der Waals surface area contributed by atoms with Gasteiger partial charge in [0.2, 0.25) is 5.91 Å². The smallest absolute Gasteiger partial charge is 0.229 e. The van der Waals surface area contributed by atoms with Crippen LogP contribution in [-0.4, -0.2) is 73.7 Å². The minimum absolute atomic E-state index is 0.121. The Hall–Kier alpha value is -3.86. The van der Waals surface area contributed by atoms with Crippen LogP contribution in [0.25, 0.3) is 0 Å². The molecule has 1 aliphatic rings. The molecular formula is C27H22N3O3S-. The standard InChI is InChI=1S/C27H22N3O3S/c1-2-3-4-5-6-7-8-9-10-11-12-13-14-15-16-17-27-29(19-18-28-26(32)24-34)20-21-30(27)22-23-33-25-31/h27,34H,18-25H2,1H3,(H,28,32)/q-1. The number of carbonyl (C=O) groups excluding carboxylic acids is 1. The second-order valence-electron chi connectivity index (χ2n) is 6.12. The largest absolute Gasteiger partial charge is 0.834 e. The van der Waals surface area contributed by atoms with E-state index in [-0.39, 0.29) is 17.8 Å². The summed E-state index contributed by atoms with van der Waals surface area (Å²) in [4.78, 5) is 15.6. The molecule has 1 heterocycles. The van der Waals surface area contributed by atoms with E-state index in [0.29, 0.717) is 26.2 Å². The summed E-state index contributed by atoms with van der Waals surface area (Å²) in [5.74, 6) is 41.9. The quantitative estimate of drug-likeness (QED) is 0.194. The molecule has 0 aromatic rings. The first-order valence-electron chi connectivity index (χ1n) is 10.2. The predicted octanol–water partition coefficient (Wildman–Crippen LogP) is -1.64. The van der Waals surface area contributed by atoms with E-state index in [0.717, 1.165) is 13.1 Å². The van der Waals surface area contributed by atoms with Gasteiger partial charge in [-0.2, -0.15) is 12.6 Å². The number of thiol groups is 1. The van der Waals surface area contributed by atoms with E-state index in [4.69, 9.17) is 4.74 Å². The molecule has 6 nitrogen and oxygen atoms in total. The molecule has 7 heteroatoms. The Morgan fingerprint density at radius 2 is 1.38 bits per heavy atom. The van der Waals surface area contributed by atoms with Gasteiger partial charge in [0.1, 0.15) is 6.17 Å². The van der Waals surface area contributed by atoms with Crippen molar-refractivity contribution >= 4 is 18.5 Å². The zero-order valence-electron chi connectivity index (χ0n) is 18.8. The maximum atomic E-state index is 11.4. The van der Waals surface area contributed by atoms with Gasteiger partial charge < -0.3 is 15.2 Å². The highest BCUT2D eigenvalue weighted by molar-refractivity contribution is 7.81. The van der Waals surface area contributed by atoms with E-state index < -0.39 is 6.79 Å². The van der Waals surface area contributed by atoms with Crippen LogP contribution in [0, 0.1) is 94.7 Å². The third kappa shape index (κ3) is 13.5. The first-order chi connectivity index (χ1) is 16.7. The van der Waals surface area contributed by atoms with Crippen LogP contribution in [0.5, 0.6) is 0 Å².